The Hall–Kier alpha value is -0.0100. The van der Waals surface area contributed by atoms with Crippen molar-refractivity contribution in [3.63, 3.8) is 0 Å². The lowest BCUT2D eigenvalue weighted by molar-refractivity contribution is 1.14. The van der Waals surface area contributed by atoms with Crippen molar-refractivity contribution in [2.45, 2.75) is 17.2 Å². The molecule has 2 heteroatoms. The Morgan fingerprint density at radius 2 is 1.82 bits per heavy atom. The summed E-state index contributed by atoms with van der Waals surface area (Å²) in [6, 6.07) is 8.12. The summed E-state index contributed by atoms with van der Waals surface area (Å²) in [6.45, 7) is 0. The minimum atomic E-state index is 0.698. The van der Waals surface area contributed by atoms with Gasteiger partial charge in [0.1, 0.15) is 0 Å². The second-order valence-electron chi connectivity index (χ2n) is 2.91. The van der Waals surface area contributed by atoms with Crippen molar-refractivity contribution < 1.29 is 0 Å². The molecule has 11 heavy (non-hydrogen) atoms. The van der Waals surface area contributed by atoms with Crippen LogP contribution >= 0.6 is 27.5 Å². The van der Waals surface area contributed by atoms with E-state index in [2.05, 4.69) is 28.1 Å². The fourth-order valence-corrected chi connectivity index (χ4v) is 2.05. The van der Waals surface area contributed by atoms with Crippen molar-refractivity contribution in [1.82, 2.24) is 0 Å². The molecule has 0 N–H and O–H groups in total. The highest BCUT2D eigenvalue weighted by atomic mass is 79.9. The predicted octanol–water partition coefficient (Wildman–Crippen LogP) is 3.59. The maximum Gasteiger partial charge on any atom is 0.0406 e. The first kappa shape index (κ1) is 7.63. The molecule has 2 atom stereocenters. The van der Waals surface area contributed by atoms with Crippen LogP contribution in [0.5, 0.6) is 0 Å². The van der Waals surface area contributed by atoms with Gasteiger partial charge in [0.15, 0.2) is 0 Å². The summed E-state index contributed by atoms with van der Waals surface area (Å²) in [5.74, 6) is 0.729. The van der Waals surface area contributed by atoms with Crippen LogP contribution in [0.25, 0.3) is 0 Å². The molecule has 0 nitrogen and oxygen atoms in total. The molecule has 0 aliphatic heterocycles. The molecule has 0 amide bonds. The predicted molar refractivity (Wildman–Crippen MR) is 51.5 cm³/mol. The SMILES string of the molecule is Clc1ccc([C@H]2C[C@H]2Br)cc1. The van der Waals surface area contributed by atoms with E-state index < -0.39 is 0 Å². The summed E-state index contributed by atoms with van der Waals surface area (Å²) in [4.78, 5) is 0.698. The van der Waals surface area contributed by atoms with E-state index in [1.165, 1.54) is 12.0 Å². The number of benzene rings is 1. The quantitative estimate of drug-likeness (QED) is 0.648. The van der Waals surface area contributed by atoms with Gasteiger partial charge in [-0.2, -0.15) is 0 Å². The van der Waals surface area contributed by atoms with Crippen molar-refractivity contribution in [1.29, 1.82) is 0 Å². The van der Waals surface area contributed by atoms with Gasteiger partial charge in [-0.15, -0.1) is 0 Å². The maximum absolute atomic E-state index is 5.76. The normalized spacial score (nSPS) is 28.5. The highest BCUT2D eigenvalue weighted by Gasteiger charge is 2.35. The molecule has 0 bridgehead atoms. The van der Waals surface area contributed by atoms with E-state index in [9.17, 15) is 0 Å². The summed E-state index contributed by atoms with van der Waals surface area (Å²) >= 11 is 9.33. The minimum absolute atomic E-state index is 0.698. The molecule has 1 aromatic rings. The van der Waals surface area contributed by atoms with E-state index in [0.717, 1.165) is 10.9 Å². The van der Waals surface area contributed by atoms with Crippen LogP contribution in [0.3, 0.4) is 0 Å². The topological polar surface area (TPSA) is 0 Å². The summed E-state index contributed by atoms with van der Waals surface area (Å²) in [6.07, 6.45) is 1.27. The van der Waals surface area contributed by atoms with Crippen molar-refractivity contribution in [2.75, 3.05) is 0 Å². The Morgan fingerprint density at radius 3 is 2.27 bits per heavy atom. The van der Waals surface area contributed by atoms with E-state index in [0.29, 0.717) is 4.83 Å². The molecule has 1 saturated carbocycles. The Morgan fingerprint density at radius 1 is 1.27 bits per heavy atom. The molecule has 1 fully saturated rings. The molecule has 0 aromatic heterocycles. The minimum Gasteiger partial charge on any atom is -0.0884 e. The zero-order valence-electron chi connectivity index (χ0n) is 5.93. The van der Waals surface area contributed by atoms with Gasteiger partial charge in [0.05, 0.1) is 0 Å². The van der Waals surface area contributed by atoms with Gasteiger partial charge >= 0.3 is 0 Å². The molecule has 2 rings (SSSR count). The highest BCUT2D eigenvalue weighted by molar-refractivity contribution is 9.09. The maximum atomic E-state index is 5.76. The van der Waals surface area contributed by atoms with Crippen LogP contribution in [-0.4, -0.2) is 4.83 Å². The monoisotopic (exact) mass is 230 g/mol. The third kappa shape index (κ3) is 1.60. The summed E-state index contributed by atoms with van der Waals surface area (Å²) < 4.78 is 0. The fourth-order valence-electron chi connectivity index (χ4n) is 1.22. The van der Waals surface area contributed by atoms with Crippen molar-refractivity contribution >= 4 is 27.5 Å². The summed E-state index contributed by atoms with van der Waals surface area (Å²) in [7, 11) is 0. The third-order valence-electron chi connectivity index (χ3n) is 2.01. The Labute approximate surface area is 79.7 Å². The van der Waals surface area contributed by atoms with Crippen LogP contribution in [0.4, 0.5) is 0 Å². The summed E-state index contributed by atoms with van der Waals surface area (Å²) in [5, 5.41) is 0.820. The average molecular weight is 232 g/mol. The van der Waals surface area contributed by atoms with Crippen LogP contribution in [0.2, 0.25) is 5.02 Å². The number of alkyl halides is 1. The highest BCUT2D eigenvalue weighted by Crippen LogP contribution is 2.46. The second-order valence-corrected chi connectivity index (χ2v) is 4.52. The number of hydrogen-bond donors (Lipinski definition) is 0. The van der Waals surface area contributed by atoms with Crippen LogP contribution in [0.1, 0.15) is 17.9 Å². The molecule has 1 aromatic carbocycles. The number of rotatable bonds is 1. The molecule has 0 radical (unpaired) electrons. The first-order valence-corrected chi connectivity index (χ1v) is 4.96. The Bertz CT molecular complexity index is 255. The van der Waals surface area contributed by atoms with Crippen molar-refractivity contribution in [2.24, 2.45) is 0 Å². The Kier molecular flexibility index (Phi) is 1.94. The van der Waals surface area contributed by atoms with Gasteiger partial charge in [-0.3, -0.25) is 0 Å². The van der Waals surface area contributed by atoms with Gasteiger partial charge in [-0.1, -0.05) is 39.7 Å². The third-order valence-corrected chi connectivity index (χ3v) is 3.27. The second kappa shape index (κ2) is 2.80. The average Bonchev–Trinajstić information content (AvgIpc) is 2.69. The van der Waals surface area contributed by atoms with Crippen LogP contribution < -0.4 is 0 Å². The van der Waals surface area contributed by atoms with E-state index in [1.54, 1.807) is 0 Å². The van der Waals surface area contributed by atoms with Gasteiger partial charge < -0.3 is 0 Å². The van der Waals surface area contributed by atoms with E-state index in [4.69, 9.17) is 11.6 Å². The lowest BCUT2D eigenvalue weighted by atomic mass is 10.1. The molecule has 1 aliphatic rings. The molecule has 0 heterocycles. The number of halogens is 2. The number of hydrogen-bond acceptors (Lipinski definition) is 0. The smallest absolute Gasteiger partial charge is 0.0406 e. The molecular weight excluding hydrogens is 223 g/mol. The molecule has 58 valence electrons. The van der Waals surface area contributed by atoms with E-state index in [-0.39, 0.29) is 0 Å². The van der Waals surface area contributed by atoms with Crippen LogP contribution in [0.15, 0.2) is 24.3 Å². The molecule has 0 unspecified atom stereocenters. The summed E-state index contributed by atoms with van der Waals surface area (Å²) in [5.41, 5.74) is 1.40. The zero-order chi connectivity index (χ0) is 7.84. The van der Waals surface area contributed by atoms with Gasteiger partial charge in [0.2, 0.25) is 0 Å². The van der Waals surface area contributed by atoms with Gasteiger partial charge in [0.25, 0.3) is 0 Å². The van der Waals surface area contributed by atoms with Crippen LogP contribution in [0, 0.1) is 0 Å². The van der Waals surface area contributed by atoms with Gasteiger partial charge in [0, 0.05) is 9.85 Å². The van der Waals surface area contributed by atoms with Crippen LogP contribution in [-0.2, 0) is 0 Å². The molecule has 0 spiro atoms. The van der Waals surface area contributed by atoms with Gasteiger partial charge in [-0.25, -0.2) is 0 Å². The lowest BCUT2D eigenvalue weighted by Gasteiger charge is -1.96. The van der Waals surface area contributed by atoms with Gasteiger partial charge in [-0.05, 0) is 30.0 Å². The largest absolute Gasteiger partial charge is 0.0884 e. The lowest BCUT2D eigenvalue weighted by Crippen LogP contribution is -1.79. The standard InChI is InChI=1S/C9H8BrCl/c10-9-5-8(9)6-1-3-7(11)4-2-6/h1-4,8-9H,5H2/t8-,9-/m1/s1. The zero-order valence-corrected chi connectivity index (χ0v) is 8.27. The first-order chi connectivity index (χ1) is 5.27. The van der Waals surface area contributed by atoms with E-state index >= 15 is 0 Å². The van der Waals surface area contributed by atoms with Crippen molar-refractivity contribution in [3.8, 4) is 0 Å². The molecule has 1 aliphatic carbocycles. The van der Waals surface area contributed by atoms with Crippen molar-refractivity contribution in [3.05, 3.63) is 34.9 Å². The fraction of sp³-hybridized carbons (Fsp3) is 0.333. The molecular formula is C9H8BrCl. The first-order valence-electron chi connectivity index (χ1n) is 3.67. The Balaban J connectivity index is 2.21. The van der Waals surface area contributed by atoms with E-state index in [1.807, 2.05) is 12.1 Å². The molecule has 0 saturated heterocycles.